The molecule has 8 heteroatoms. The van der Waals surface area contributed by atoms with Crippen LogP contribution in [0.3, 0.4) is 0 Å². The van der Waals surface area contributed by atoms with E-state index in [1.165, 1.54) is 24.3 Å². The lowest BCUT2D eigenvalue weighted by Gasteiger charge is -2.08. The van der Waals surface area contributed by atoms with Crippen molar-refractivity contribution in [2.45, 2.75) is 13.5 Å². The van der Waals surface area contributed by atoms with E-state index < -0.39 is 5.91 Å². The predicted molar refractivity (Wildman–Crippen MR) is 106 cm³/mol. The Labute approximate surface area is 166 Å². The van der Waals surface area contributed by atoms with Gasteiger partial charge in [0, 0.05) is 12.8 Å². The molecule has 0 bridgehead atoms. The van der Waals surface area contributed by atoms with Crippen LogP contribution in [0.2, 0.25) is 0 Å². The lowest BCUT2D eigenvalue weighted by molar-refractivity contribution is 0.102. The summed E-state index contributed by atoms with van der Waals surface area (Å²) in [6.45, 7) is 2.05. The number of methoxy groups -OCH3 is 1. The number of nitrogens with zero attached hydrogens (tertiary/aromatic N) is 4. The van der Waals surface area contributed by atoms with Gasteiger partial charge in [-0.1, -0.05) is 30.3 Å². The van der Waals surface area contributed by atoms with E-state index in [1.807, 2.05) is 30.3 Å². The van der Waals surface area contributed by atoms with Crippen molar-refractivity contribution in [2.75, 3.05) is 12.4 Å². The Kier molecular flexibility index (Phi) is 5.01. The fourth-order valence-corrected chi connectivity index (χ4v) is 3.12. The van der Waals surface area contributed by atoms with Crippen LogP contribution >= 0.6 is 0 Å². The molecule has 29 heavy (non-hydrogen) atoms. The molecular formula is C21H18FN5O2. The first kappa shape index (κ1) is 18.7. The van der Waals surface area contributed by atoms with E-state index in [-0.39, 0.29) is 11.5 Å². The summed E-state index contributed by atoms with van der Waals surface area (Å²) in [5.74, 6) is -0.829. The molecule has 1 amide bonds. The minimum atomic E-state index is -0.450. The van der Waals surface area contributed by atoms with Gasteiger partial charge in [-0.15, -0.1) is 10.2 Å². The number of aryl methyl sites for hydroxylation is 1. The van der Waals surface area contributed by atoms with E-state index >= 15 is 0 Å². The summed E-state index contributed by atoms with van der Waals surface area (Å²) in [6.07, 6.45) is 0. The van der Waals surface area contributed by atoms with Crippen LogP contribution in [0.25, 0.3) is 16.8 Å². The predicted octanol–water partition coefficient (Wildman–Crippen LogP) is 3.64. The van der Waals surface area contributed by atoms with Crippen molar-refractivity contribution >= 4 is 17.2 Å². The second-order valence-corrected chi connectivity index (χ2v) is 6.45. The highest BCUT2D eigenvalue weighted by molar-refractivity contribution is 6.03. The zero-order valence-electron chi connectivity index (χ0n) is 15.9. The van der Waals surface area contributed by atoms with Gasteiger partial charge < -0.3 is 10.1 Å². The molecule has 2 aromatic carbocycles. The summed E-state index contributed by atoms with van der Waals surface area (Å²) in [5.41, 5.74) is 4.12. The van der Waals surface area contributed by atoms with Crippen molar-refractivity contribution in [2.24, 2.45) is 0 Å². The van der Waals surface area contributed by atoms with Gasteiger partial charge in [0.05, 0.1) is 23.6 Å². The monoisotopic (exact) mass is 391 g/mol. The van der Waals surface area contributed by atoms with E-state index in [9.17, 15) is 9.18 Å². The SMILES string of the molecule is COCc1nn2c(C)c(C(=O)Nc3ccc(F)cc3)nnc2c1-c1ccccc1. The zero-order chi connectivity index (χ0) is 20.4. The normalized spacial score (nSPS) is 11.0. The number of hydrogen-bond donors (Lipinski definition) is 1. The molecule has 2 heterocycles. The number of fused-ring (bicyclic) bond motifs is 1. The quantitative estimate of drug-likeness (QED) is 0.562. The Morgan fingerprint density at radius 2 is 1.83 bits per heavy atom. The van der Waals surface area contributed by atoms with Crippen LogP contribution in [0.4, 0.5) is 10.1 Å². The summed E-state index contributed by atoms with van der Waals surface area (Å²) in [6, 6.07) is 15.2. The topological polar surface area (TPSA) is 81.4 Å². The van der Waals surface area contributed by atoms with Crippen LogP contribution < -0.4 is 5.32 Å². The summed E-state index contributed by atoms with van der Waals surface area (Å²) < 4.78 is 20.0. The average molecular weight is 391 g/mol. The first-order valence-electron chi connectivity index (χ1n) is 8.94. The second kappa shape index (κ2) is 7.76. The molecule has 0 saturated heterocycles. The summed E-state index contributed by atoms with van der Waals surface area (Å²) in [4.78, 5) is 12.7. The Morgan fingerprint density at radius 1 is 1.10 bits per heavy atom. The molecule has 7 nitrogen and oxygen atoms in total. The first-order chi connectivity index (χ1) is 14.1. The Morgan fingerprint density at radius 3 is 2.52 bits per heavy atom. The zero-order valence-corrected chi connectivity index (χ0v) is 15.9. The van der Waals surface area contributed by atoms with Crippen molar-refractivity contribution in [3.05, 3.63) is 77.5 Å². The highest BCUT2D eigenvalue weighted by Crippen LogP contribution is 2.28. The largest absolute Gasteiger partial charge is 0.378 e. The molecule has 0 radical (unpaired) electrons. The van der Waals surface area contributed by atoms with Crippen LogP contribution in [-0.2, 0) is 11.3 Å². The number of rotatable bonds is 5. The smallest absolute Gasteiger partial charge is 0.278 e. The molecule has 4 rings (SSSR count). The standard InChI is InChI=1S/C21H18FN5O2/c1-13-19(21(28)23-16-10-8-15(22)9-11-16)24-25-20-18(14-6-4-3-5-7-14)17(12-29-2)26-27(13)20/h3-11H,12H2,1-2H3,(H,23,28). The number of carbonyl (C=O) groups is 1. The van der Waals surface area contributed by atoms with Gasteiger partial charge in [-0.2, -0.15) is 5.10 Å². The molecule has 1 N–H and O–H groups in total. The minimum absolute atomic E-state index is 0.132. The van der Waals surface area contributed by atoms with Crippen molar-refractivity contribution in [3.63, 3.8) is 0 Å². The first-order valence-corrected chi connectivity index (χ1v) is 8.94. The van der Waals surface area contributed by atoms with Crippen LogP contribution in [0.5, 0.6) is 0 Å². The van der Waals surface area contributed by atoms with Crippen molar-refractivity contribution in [1.29, 1.82) is 0 Å². The maximum atomic E-state index is 13.1. The number of ether oxygens (including phenoxy) is 1. The molecule has 0 aliphatic heterocycles. The number of anilines is 1. The molecule has 0 saturated carbocycles. The maximum Gasteiger partial charge on any atom is 0.278 e. The average Bonchev–Trinajstić information content (AvgIpc) is 3.10. The molecule has 0 unspecified atom stereocenters. The molecule has 0 atom stereocenters. The van der Waals surface area contributed by atoms with E-state index in [1.54, 1.807) is 18.5 Å². The maximum absolute atomic E-state index is 13.1. The minimum Gasteiger partial charge on any atom is -0.378 e. The van der Waals surface area contributed by atoms with Gasteiger partial charge >= 0.3 is 0 Å². The molecular weight excluding hydrogens is 373 g/mol. The number of aromatic nitrogens is 4. The van der Waals surface area contributed by atoms with E-state index in [2.05, 4.69) is 20.6 Å². The third-order valence-electron chi connectivity index (χ3n) is 4.50. The van der Waals surface area contributed by atoms with Crippen molar-refractivity contribution < 1.29 is 13.9 Å². The van der Waals surface area contributed by atoms with Gasteiger partial charge in [0.25, 0.3) is 5.91 Å². The van der Waals surface area contributed by atoms with Gasteiger partial charge in [-0.3, -0.25) is 4.79 Å². The lowest BCUT2D eigenvalue weighted by atomic mass is 10.1. The molecule has 2 aromatic heterocycles. The van der Waals surface area contributed by atoms with E-state index in [4.69, 9.17) is 4.74 Å². The van der Waals surface area contributed by atoms with Gasteiger partial charge in [0.1, 0.15) is 5.82 Å². The number of carbonyl (C=O) groups excluding carboxylic acids is 1. The summed E-state index contributed by atoms with van der Waals surface area (Å²) >= 11 is 0. The van der Waals surface area contributed by atoms with E-state index in [0.29, 0.717) is 29.3 Å². The fourth-order valence-electron chi connectivity index (χ4n) is 3.12. The van der Waals surface area contributed by atoms with Crippen LogP contribution in [0.1, 0.15) is 21.9 Å². The Balaban J connectivity index is 1.77. The van der Waals surface area contributed by atoms with E-state index in [0.717, 1.165) is 11.1 Å². The highest BCUT2D eigenvalue weighted by atomic mass is 19.1. The number of hydrogen-bond acceptors (Lipinski definition) is 5. The Bertz CT molecular complexity index is 1170. The number of nitrogens with one attached hydrogen (secondary N) is 1. The molecule has 0 spiro atoms. The van der Waals surface area contributed by atoms with Crippen molar-refractivity contribution in [1.82, 2.24) is 19.8 Å². The van der Waals surface area contributed by atoms with Crippen LogP contribution in [-0.4, -0.2) is 32.8 Å². The van der Waals surface area contributed by atoms with Gasteiger partial charge in [-0.05, 0) is 36.8 Å². The molecule has 0 aliphatic rings. The molecule has 0 aliphatic carbocycles. The van der Waals surface area contributed by atoms with Crippen LogP contribution in [0.15, 0.2) is 54.6 Å². The lowest BCUT2D eigenvalue weighted by Crippen LogP contribution is -2.18. The summed E-state index contributed by atoms with van der Waals surface area (Å²) in [7, 11) is 1.60. The van der Waals surface area contributed by atoms with Gasteiger partial charge in [0.2, 0.25) is 0 Å². The fraction of sp³-hybridized carbons (Fsp3) is 0.143. The third kappa shape index (κ3) is 3.57. The summed E-state index contributed by atoms with van der Waals surface area (Å²) in [5, 5.41) is 15.7. The van der Waals surface area contributed by atoms with Gasteiger partial charge in [0.15, 0.2) is 11.3 Å². The number of benzene rings is 2. The Hall–Kier alpha value is -3.65. The van der Waals surface area contributed by atoms with Crippen molar-refractivity contribution in [3.8, 4) is 11.1 Å². The third-order valence-corrected chi connectivity index (χ3v) is 4.50. The second-order valence-electron chi connectivity index (χ2n) is 6.45. The highest BCUT2D eigenvalue weighted by Gasteiger charge is 2.21. The molecule has 0 fully saturated rings. The van der Waals surface area contributed by atoms with Gasteiger partial charge in [-0.25, -0.2) is 8.91 Å². The number of halogens is 1. The number of amides is 1. The molecule has 146 valence electrons. The van der Waals surface area contributed by atoms with Crippen LogP contribution in [0, 0.1) is 12.7 Å². The molecule has 4 aromatic rings.